The molecule has 4 heteroatoms. The fourth-order valence-corrected chi connectivity index (χ4v) is 4.48. The van der Waals surface area contributed by atoms with Gasteiger partial charge in [0.05, 0.1) is 5.92 Å². The number of nitrogens with one attached hydrogen (secondary N) is 1. The zero-order chi connectivity index (χ0) is 17.3. The molecule has 1 N–H and O–H groups in total. The molecule has 2 nitrogen and oxygen atoms in total. The third-order valence-corrected chi connectivity index (χ3v) is 6.10. The number of allylic oxidation sites excluding steroid dienone is 1. The van der Waals surface area contributed by atoms with Gasteiger partial charge in [0.1, 0.15) is 4.49 Å². The molecule has 24 heavy (non-hydrogen) atoms. The molecule has 0 aromatic heterocycles. The Bertz CT molecular complexity index is 614. The van der Waals surface area contributed by atoms with E-state index < -0.39 is 0 Å². The number of hydrogen-bond donors (Lipinski definition) is 1. The SMILES string of the molecule is CC1(C)[C@H](C(=O)NC2CCC(c3ccccc3)CC2)[C@@H]1C=C(Cl)Cl. The van der Waals surface area contributed by atoms with Crippen molar-refractivity contribution in [3.63, 3.8) is 0 Å². The molecule has 1 aromatic carbocycles. The maximum absolute atomic E-state index is 12.6. The van der Waals surface area contributed by atoms with Crippen LogP contribution >= 0.6 is 23.2 Å². The zero-order valence-electron chi connectivity index (χ0n) is 14.3. The number of amides is 1. The van der Waals surface area contributed by atoms with Crippen molar-refractivity contribution in [3.8, 4) is 0 Å². The summed E-state index contributed by atoms with van der Waals surface area (Å²) >= 11 is 11.5. The van der Waals surface area contributed by atoms with E-state index in [4.69, 9.17) is 23.2 Å². The minimum absolute atomic E-state index is 0.0168. The monoisotopic (exact) mass is 365 g/mol. The summed E-state index contributed by atoms with van der Waals surface area (Å²) in [7, 11) is 0. The minimum Gasteiger partial charge on any atom is -0.353 e. The Balaban J connectivity index is 1.52. The summed E-state index contributed by atoms with van der Waals surface area (Å²) < 4.78 is 0.256. The Morgan fingerprint density at radius 1 is 1.12 bits per heavy atom. The molecule has 1 amide bonds. The van der Waals surface area contributed by atoms with Crippen molar-refractivity contribution in [2.45, 2.75) is 51.5 Å². The Morgan fingerprint density at radius 2 is 1.75 bits per heavy atom. The molecule has 0 saturated heterocycles. The van der Waals surface area contributed by atoms with Crippen LogP contribution in [0.1, 0.15) is 51.0 Å². The van der Waals surface area contributed by atoms with Crippen molar-refractivity contribution in [1.29, 1.82) is 0 Å². The maximum Gasteiger partial charge on any atom is 0.224 e. The highest BCUT2D eigenvalue weighted by molar-refractivity contribution is 6.55. The van der Waals surface area contributed by atoms with Crippen LogP contribution in [0, 0.1) is 17.3 Å². The molecule has 2 aliphatic carbocycles. The number of benzene rings is 1. The van der Waals surface area contributed by atoms with E-state index >= 15 is 0 Å². The second-order valence-corrected chi connectivity index (χ2v) is 8.76. The second-order valence-electron chi connectivity index (χ2n) is 7.75. The van der Waals surface area contributed by atoms with Gasteiger partial charge >= 0.3 is 0 Å². The summed E-state index contributed by atoms with van der Waals surface area (Å²) in [6, 6.07) is 11.0. The van der Waals surface area contributed by atoms with E-state index in [-0.39, 0.29) is 27.6 Å². The van der Waals surface area contributed by atoms with Gasteiger partial charge in [0, 0.05) is 6.04 Å². The van der Waals surface area contributed by atoms with Gasteiger partial charge in [-0.25, -0.2) is 0 Å². The lowest BCUT2D eigenvalue weighted by molar-refractivity contribution is -0.124. The summed E-state index contributed by atoms with van der Waals surface area (Å²) in [5.41, 5.74) is 1.37. The topological polar surface area (TPSA) is 29.1 Å². The minimum atomic E-state index is -0.0552. The third kappa shape index (κ3) is 3.81. The van der Waals surface area contributed by atoms with Crippen molar-refractivity contribution in [3.05, 3.63) is 46.5 Å². The first-order valence-corrected chi connectivity index (χ1v) is 9.53. The highest BCUT2D eigenvalue weighted by Crippen LogP contribution is 2.59. The molecular weight excluding hydrogens is 341 g/mol. The van der Waals surface area contributed by atoms with E-state index in [9.17, 15) is 4.79 Å². The molecule has 2 fully saturated rings. The third-order valence-electron chi connectivity index (χ3n) is 5.84. The molecule has 2 saturated carbocycles. The van der Waals surface area contributed by atoms with E-state index in [1.54, 1.807) is 6.08 Å². The zero-order valence-corrected chi connectivity index (χ0v) is 15.8. The average Bonchev–Trinajstić information content (AvgIpc) is 3.08. The van der Waals surface area contributed by atoms with Gasteiger partial charge in [-0.05, 0) is 54.6 Å². The first kappa shape index (κ1) is 17.8. The lowest BCUT2D eigenvalue weighted by atomic mass is 9.81. The Morgan fingerprint density at radius 3 is 2.33 bits per heavy atom. The van der Waals surface area contributed by atoms with E-state index in [1.165, 1.54) is 5.56 Å². The van der Waals surface area contributed by atoms with Crippen LogP contribution in [0.2, 0.25) is 0 Å². The predicted molar refractivity (Wildman–Crippen MR) is 100 cm³/mol. The predicted octanol–water partition coefficient (Wildman–Crippen LogP) is 5.42. The molecule has 0 spiro atoms. The summed E-state index contributed by atoms with van der Waals surface area (Å²) in [4.78, 5) is 12.6. The van der Waals surface area contributed by atoms with Gasteiger partial charge in [0.2, 0.25) is 5.91 Å². The summed E-state index contributed by atoms with van der Waals surface area (Å²) in [5, 5.41) is 3.26. The largest absolute Gasteiger partial charge is 0.353 e. The molecule has 130 valence electrons. The van der Waals surface area contributed by atoms with Gasteiger partial charge in [-0.1, -0.05) is 67.4 Å². The number of carbonyl (C=O) groups is 1. The van der Waals surface area contributed by atoms with Gasteiger partial charge in [0.25, 0.3) is 0 Å². The Labute approximate surface area is 154 Å². The molecule has 3 rings (SSSR count). The van der Waals surface area contributed by atoms with Gasteiger partial charge in [-0.15, -0.1) is 0 Å². The molecule has 0 unspecified atom stereocenters. The molecular formula is C20H25Cl2NO. The number of halogens is 2. The van der Waals surface area contributed by atoms with Gasteiger partial charge in [-0.3, -0.25) is 4.79 Å². The maximum atomic E-state index is 12.6. The molecule has 2 atom stereocenters. The van der Waals surface area contributed by atoms with Crippen LogP contribution in [0.5, 0.6) is 0 Å². The van der Waals surface area contributed by atoms with Crippen molar-refractivity contribution >= 4 is 29.1 Å². The number of rotatable bonds is 4. The molecule has 0 heterocycles. The molecule has 0 radical (unpaired) electrons. The Hall–Kier alpha value is -0.990. The summed E-state index contributed by atoms with van der Waals surface area (Å²) in [6.07, 6.45) is 6.18. The van der Waals surface area contributed by atoms with Crippen LogP contribution in [0.3, 0.4) is 0 Å². The van der Waals surface area contributed by atoms with Gasteiger partial charge in [-0.2, -0.15) is 0 Å². The van der Waals surface area contributed by atoms with Crippen LogP contribution in [0.15, 0.2) is 40.9 Å². The quantitative estimate of drug-likeness (QED) is 0.757. The first-order chi connectivity index (χ1) is 11.4. The van der Waals surface area contributed by atoms with Crippen LogP contribution in [-0.2, 0) is 4.79 Å². The van der Waals surface area contributed by atoms with Crippen LogP contribution in [0.25, 0.3) is 0 Å². The van der Waals surface area contributed by atoms with Crippen molar-refractivity contribution in [1.82, 2.24) is 5.32 Å². The fraction of sp³-hybridized carbons (Fsp3) is 0.550. The average molecular weight is 366 g/mol. The lowest BCUT2D eigenvalue weighted by Gasteiger charge is -2.29. The lowest BCUT2D eigenvalue weighted by Crippen LogP contribution is -2.39. The van der Waals surface area contributed by atoms with Crippen LogP contribution < -0.4 is 5.32 Å². The standard InChI is InChI=1S/C20H25Cl2NO/c1-20(2)16(12-17(21)22)18(20)19(24)23-15-10-8-14(9-11-15)13-6-4-3-5-7-13/h3-7,12,14-16,18H,8-11H2,1-2H3,(H,23,24)/t14?,15?,16-,18-/m0/s1. The van der Waals surface area contributed by atoms with Gasteiger partial charge in [0.15, 0.2) is 0 Å². The van der Waals surface area contributed by atoms with Crippen LogP contribution in [0.4, 0.5) is 0 Å². The van der Waals surface area contributed by atoms with Crippen LogP contribution in [-0.4, -0.2) is 11.9 Å². The second kappa shape index (κ2) is 7.09. The molecule has 1 aromatic rings. The van der Waals surface area contributed by atoms with Crippen molar-refractivity contribution in [2.75, 3.05) is 0 Å². The first-order valence-electron chi connectivity index (χ1n) is 8.77. The van der Waals surface area contributed by atoms with E-state index in [0.29, 0.717) is 12.0 Å². The van der Waals surface area contributed by atoms with Crippen molar-refractivity contribution < 1.29 is 4.79 Å². The smallest absolute Gasteiger partial charge is 0.224 e. The van der Waals surface area contributed by atoms with E-state index in [2.05, 4.69) is 49.5 Å². The highest BCUT2D eigenvalue weighted by Gasteiger charge is 2.60. The Kier molecular flexibility index (Phi) is 5.27. The summed E-state index contributed by atoms with van der Waals surface area (Å²) in [5.74, 6) is 0.904. The normalized spacial score (nSPS) is 31.2. The van der Waals surface area contributed by atoms with E-state index in [1.807, 2.05) is 0 Å². The highest BCUT2D eigenvalue weighted by atomic mass is 35.5. The fourth-order valence-electron chi connectivity index (χ4n) is 4.21. The van der Waals surface area contributed by atoms with Gasteiger partial charge < -0.3 is 5.32 Å². The molecule has 0 aliphatic heterocycles. The molecule has 2 aliphatic rings. The summed E-state index contributed by atoms with van der Waals surface area (Å²) in [6.45, 7) is 4.20. The number of hydrogen-bond acceptors (Lipinski definition) is 1. The van der Waals surface area contributed by atoms with Crippen molar-refractivity contribution in [2.24, 2.45) is 17.3 Å². The van der Waals surface area contributed by atoms with E-state index in [0.717, 1.165) is 25.7 Å². The molecule has 0 bridgehead atoms. The number of carbonyl (C=O) groups excluding carboxylic acids is 1.